The molecule has 2 aliphatic rings. The Morgan fingerprint density at radius 2 is 1.86 bits per heavy atom. The van der Waals surface area contributed by atoms with Crippen LogP contribution in [0.4, 0.5) is 5.69 Å². The van der Waals surface area contributed by atoms with Gasteiger partial charge in [-0.2, -0.15) is 0 Å². The monoisotopic (exact) mass is 360 g/mol. The fraction of sp³-hybridized carbons (Fsp3) is 0.235. The Kier molecular flexibility index (Phi) is 3.27. The van der Waals surface area contributed by atoms with Gasteiger partial charge >= 0.3 is 0 Å². The van der Waals surface area contributed by atoms with Crippen LogP contribution >= 0.6 is 27.5 Å². The summed E-state index contributed by atoms with van der Waals surface area (Å²) in [6.07, 6.45) is 2.55. The molecule has 4 rings (SSSR count). The van der Waals surface area contributed by atoms with E-state index in [-0.39, 0.29) is 0 Å². The molecule has 0 bridgehead atoms. The Balaban J connectivity index is 1.82. The molecular formula is C17H14BrClN2. The first kappa shape index (κ1) is 13.4. The third-order valence-corrected chi connectivity index (χ3v) is 4.91. The number of rotatable bonds is 2. The van der Waals surface area contributed by atoms with E-state index in [9.17, 15) is 0 Å². The van der Waals surface area contributed by atoms with E-state index in [4.69, 9.17) is 16.6 Å². The van der Waals surface area contributed by atoms with E-state index in [1.54, 1.807) is 0 Å². The summed E-state index contributed by atoms with van der Waals surface area (Å²) >= 11 is 9.84. The SMILES string of the molecule is Clc1cccc2c1N=C(c1ccc(Br)cc1)NC2C1CC1. The lowest BCUT2D eigenvalue weighted by Crippen LogP contribution is -2.33. The quantitative estimate of drug-likeness (QED) is 0.777. The van der Waals surface area contributed by atoms with E-state index in [1.165, 1.54) is 18.4 Å². The van der Waals surface area contributed by atoms with Crippen molar-refractivity contribution in [3.63, 3.8) is 0 Å². The fourth-order valence-electron chi connectivity index (χ4n) is 2.83. The summed E-state index contributed by atoms with van der Waals surface area (Å²) in [6, 6.07) is 14.6. The van der Waals surface area contributed by atoms with E-state index in [1.807, 2.05) is 24.3 Å². The van der Waals surface area contributed by atoms with Crippen molar-refractivity contribution in [2.45, 2.75) is 18.9 Å². The minimum Gasteiger partial charge on any atom is -0.362 e. The van der Waals surface area contributed by atoms with Gasteiger partial charge in [-0.25, -0.2) is 4.99 Å². The Morgan fingerprint density at radius 1 is 1.10 bits per heavy atom. The third-order valence-electron chi connectivity index (χ3n) is 4.08. The summed E-state index contributed by atoms with van der Waals surface area (Å²) < 4.78 is 1.07. The van der Waals surface area contributed by atoms with Gasteiger partial charge in [-0.15, -0.1) is 0 Å². The maximum Gasteiger partial charge on any atom is 0.134 e. The second kappa shape index (κ2) is 5.15. The smallest absolute Gasteiger partial charge is 0.134 e. The summed E-state index contributed by atoms with van der Waals surface area (Å²) in [5.74, 6) is 1.61. The second-order valence-corrected chi connectivity index (χ2v) is 6.93. The van der Waals surface area contributed by atoms with Crippen LogP contribution in [-0.4, -0.2) is 5.84 Å². The number of benzene rings is 2. The summed E-state index contributed by atoms with van der Waals surface area (Å²) in [4.78, 5) is 4.76. The number of nitrogens with zero attached hydrogens (tertiary/aromatic N) is 1. The largest absolute Gasteiger partial charge is 0.362 e. The van der Waals surface area contributed by atoms with Gasteiger partial charge in [0.2, 0.25) is 0 Å². The molecule has 1 heterocycles. The standard InChI is InChI=1S/C17H14BrClN2/c18-12-8-6-11(7-9-12)17-20-15(10-4-5-10)13-2-1-3-14(19)16(13)21-17/h1-3,6-10,15H,4-5H2,(H,20,21). The zero-order valence-corrected chi connectivity index (χ0v) is 13.7. The number of hydrogen-bond acceptors (Lipinski definition) is 2. The molecule has 1 aliphatic heterocycles. The van der Waals surface area contributed by atoms with Crippen molar-refractivity contribution < 1.29 is 0 Å². The van der Waals surface area contributed by atoms with Crippen molar-refractivity contribution in [2.75, 3.05) is 0 Å². The molecule has 0 aromatic heterocycles. The number of aliphatic imine (C=N–C) groups is 1. The van der Waals surface area contributed by atoms with Crippen LogP contribution in [0.2, 0.25) is 5.02 Å². The van der Waals surface area contributed by atoms with Crippen molar-refractivity contribution in [3.8, 4) is 0 Å². The van der Waals surface area contributed by atoms with Crippen molar-refractivity contribution in [1.29, 1.82) is 0 Å². The van der Waals surface area contributed by atoms with E-state index in [2.05, 4.69) is 39.4 Å². The first-order chi connectivity index (χ1) is 10.2. The molecule has 1 unspecified atom stereocenters. The van der Waals surface area contributed by atoms with Gasteiger partial charge < -0.3 is 5.32 Å². The number of hydrogen-bond donors (Lipinski definition) is 1. The molecular weight excluding hydrogens is 348 g/mol. The second-order valence-electron chi connectivity index (χ2n) is 5.60. The maximum atomic E-state index is 6.37. The molecule has 1 fully saturated rings. The van der Waals surface area contributed by atoms with E-state index >= 15 is 0 Å². The summed E-state index contributed by atoms with van der Waals surface area (Å²) in [6.45, 7) is 0. The maximum absolute atomic E-state index is 6.37. The highest BCUT2D eigenvalue weighted by Crippen LogP contribution is 2.47. The molecule has 106 valence electrons. The number of para-hydroxylation sites is 1. The summed E-state index contributed by atoms with van der Waals surface area (Å²) in [7, 11) is 0. The molecule has 0 spiro atoms. The third kappa shape index (κ3) is 2.49. The van der Waals surface area contributed by atoms with Crippen LogP contribution < -0.4 is 5.32 Å². The summed E-state index contributed by atoms with van der Waals surface area (Å²) in [5, 5.41) is 4.34. The Labute approximate surface area is 137 Å². The van der Waals surface area contributed by atoms with E-state index in [0.29, 0.717) is 12.0 Å². The van der Waals surface area contributed by atoms with Crippen LogP contribution in [0.5, 0.6) is 0 Å². The van der Waals surface area contributed by atoms with Crippen LogP contribution in [0.1, 0.15) is 30.0 Å². The number of halogens is 2. The highest BCUT2D eigenvalue weighted by Gasteiger charge is 2.36. The van der Waals surface area contributed by atoms with E-state index < -0.39 is 0 Å². The van der Waals surface area contributed by atoms with Gasteiger partial charge in [-0.05, 0) is 37.0 Å². The molecule has 2 aromatic carbocycles. The van der Waals surface area contributed by atoms with Crippen LogP contribution in [0.3, 0.4) is 0 Å². The van der Waals surface area contributed by atoms with Crippen LogP contribution in [0.15, 0.2) is 51.9 Å². The zero-order chi connectivity index (χ0) is 14.4. The molecule has 2 nitrogen and oxygen atoms in total. The lowest BCUT2D eigenvalue weighted by Gasteiger charge is -2.27. The normalized spacial score (nSPS) is 20.5. The number of nitrogens with one attached hydrogen (secondary N) is 1. The predicted octanol–water partition coefficient (Wildman–Crippen LogP) is 5.24. The molecule has 0 radical (unpaired) electrons. The highest BCUT2D eigenvalue weighted by molar-refractivity contribution is 9.10. The molecule has 0 saturated heterocycles. The van der Waals surface area contributed by atoms with Crippen molar-refractivity contribution >= 4 is 39.1 Å². The Morgan fingerprint density at radius 3 is 2.57 bits per heavy atom. The van der Waals surface area contributed by atoms with Crippen molar-refractivity contribution in [3.05, 3.63) is 63.1 Å². The zero-order valence-electron chi connectivity index (χ0n) is 11.3. The average Bonchev–Trinajstić information content (AvgIpc) is 3.32. The molecule has 1 N–H and O–H groups in total. The Hall–Kier alpha value is -1.32. The molecule has 21 heavy (non-hydrogen) atoms. The molecule has 0 amide bonds. The number of amidine groups is 1. The van der Waals surface area contributed by atoms with Gasteiger partial charge in [0.15, 0.2) is 0 Å². The molecule has 2 aromatic rings. The van der Waals surface area contributed by atoms with Crippen molar-refractivity contribution in [1.82, 2.24) is 5.32 Å². The lowest BCUT2D eigenvalue weighted by molar-refractivity contribution is 0.564. The van der Waals surface area contributed by atoms with Crippen LogP contribution in [0, 0.1) is 5.92 Å². The molecule has 1 saturated carbocycles. The molecule has 1 aliphatic carbocycles. The average molecular weight is 362 g/mol. The van der Waals surface area contributed by atoms with Crippen molar-refractivity contribution in [2.24, 2.45) is 10.9 Å². The number of fused-ring (bicyclic) bond motifs is 1. The van der Waals surface area contributed by atoms with Gasteiger partial charge in [0, 0.05) is 15.6 Å². The topological polar surface area (TPSA) is 24.4 Å². The van der Waals surface area contributed by atoms with Gasteiger partial charge in [0.1, 0.15) is 5.84 Å². The highest BCUT2D eigenvalue weighted by atomic mass is 79.9. The summed E-state index contributed by atoms with van der Waals surface area (Å²) in [5.41, 5.74) is 3.24. The first-order valence-electron chi connectivity index (χ1n) is 7.12. The predicted molar refractivity (Wildman–Crippen MR) is 90.4 cm³/mol. The Bertz CT molecular complexity index is 720. The molecule has 1 atom stereocenters. The van der Waals surface area contributed by atoms with Gasteiger partial charge in [-0.1, -0.05) is 51.8 Å². The fourth-order valence-corrected chi connectivity index (χ4v) is 3.32. The first-order valence-corrected chi connectivity index (χ1v) is 8.29. The minimum atomic E-state index is 0.329. The van der Waals surface area contributed by atoms with Crippen LogP contribution in [-0.2, 0) is 0 Å². The van der Waals surface area contributed by atoms with Gasteiger partial charge in [0.05, 0.1) is 16.8 Å². The van der Waals surface area contributed by atoms with Gasteiger partial charge in [-0.3, -0.25) is 0 Å². The van der Waals surface area contributed by atoms with Crippen LogP contribution in [0.25, 0.3) is 0 Å². The minimum absolute atomic E-state index is 0.329. The van der Waals surface area contributed by atoms with E-state index in [0.717, 1.165) is 26.6 Å². The molecule has 4 heteroatoms. The van der Waals surface area contributed by atoms with Gasteiger partial charge in [0.25, 0.3) is 0 Å². The lowest BCUT2D eigenvalue weighted by atomic mass is 9.97.